The summed E-state index contributed by atoms with van der Waals surface area (Å²) in [6, 6.07) is 8.62. The second-order valence-corrected chi connectivity index (χ2v) is 9.63. The number of fused-ring (bicyclic) bond motifs is 1. The fraction of sp³-hybridized carbons (Fsp3) is 0.296. The molecule has 0 atom stereocenters. The average Bonchev–Trinajstić information content (AvgIpc) is 3.32. The maximum absolute atomic E-state index is 13.8. The summed E-state index contributed by atoms with van der Waals surface area (Å²) in [5.41, 5.74) is 18.5. The number of anilines is 1. The van der Waals surface area contributed by atoms with Gasteiger partial charge in [0.2, 0.25) is 0 Å². The third-order valence-electron chi connectivity index (χ3n) is 6.78. The highest BCUT2D eigenvalue weighted by Gasteiger charge is 2.22. The van der Waals surface area contributed by atoms with Gasteiger partial charge in [0, 0.05) is 42.3 Å². The van der Waals surface area contributed by atoms with E-state index < -0.39 is 5.82 Å². The molecule has 4 aromatic rings. The van der Waals surface area contributed by atoms with Gasteiger partial charge in [0.1, 0.15) is 11.7 Å². The average molecular weight is 506 g/mol. The summed E-state index contributed by atoms with van der Waals surface area (Å²) in [6.07, 6.45) is 12.1. The highest BCUT2D eigenvalue weighted by atomic mass is 35.5. The Balaban J connectivity index is 1.63. The highest BCUT2D eigenvalue weighted by molar-refractivity contribution is 6.33. The predicted molar refractivity (Wildman–Crippen MR) is 143 cm³/mol. The standard InChI is InChI=1S/C27H29ClFN7/c1-2-16-13-32-10-9-21(16)17-11-25-26(34-20-6-4-19(30)5-7-20)22(14-33-36(25)15-17)27(31)35-24-12-18(29)3-8-23(24)28/h3,8-15,19-20,34H,2,4-7,30H2,1H3,(H2,31,35). The van der Waals surface area contributed by atoms with Crippen LogP contribution in [0, 0.1) is 5.82 Å². The third-order valence-corrected chi connectivity index (χ3v) is 7.10. The summed E-state index contributed by atoms with van der Waals surface area (Å²) < 4.78 is 15.7. The van der Waals surface area contributed by atoms with E-state index in [0.717, 1.165) is 60.0 Å². The first-order valence-corrected chi connectivity index (χ1v) is 12.6. The molecule has 7 nitrogen and oxygen atoms in total. The molecule has 3 aromatic heterocycles. The Morgan fingerprint density at radius 3 is 2.78 bits per heavy atom. The molecule has 5 N–H and O–H groups in total. The summed E-state index contributed by atoms with van der Waals surface area (Å²) in [7, 11) is 0. The van der Waals surface area contributed by atoms with E-state index in [1.165, 1.54) is 18.2 Å². The minimum atomic E-state index is -0.434. The fourth-order valence-corrected chi connectivity index (χ4v) is 4.93. The number of aliphatic imine (C=N–C) groups is 1. The predicted octanol–water partition coefficient (Wildman–Crippen LogP) is 5.47. The number of benzene rings is 1. The molecule has 0 amide bonds. The van der Waals surface area contributed by atoms with Gasteiger partial charge >= 0.3 is 0 Å². The first kappa shape index (κ1) is 24.2. The number of hydrogen-bond donors (Lipinski definition) is 3. The van der Waals surface area contributed by atoms with Crippen LogP contribution in [0.2, 0.25) is 5.02 Å². The van der Waals surface area contributed by atoms with Crippen molar-refractivity contribution in [3.8, 4) is 11.1 Å². The summed E-state index contributed by atoms with van der Waals surface area (Å²) in [5.74, 6) is -0.231. The van der Waals surface area contributed by atoms with Gasteiger partial charge in [0.25, 0.3) is 0 Å². The number of amidine groups is 1. The molecule has 1 aromatic carbocycles. The number of pyridine rings is 1. The molecule has 9 heteroatoms. The zero-order valence-electron chi connectivity index (χ0n) is 20.1. The van der Waals surface area contributed by atoms with Crippen molar-refractivity contribution >= 4 is 34.3 Å². The molecule has 3 heterocycles. The first-order chi connectivity index (χ1) is 17.4. The highest BCUT2D eigenvalue weighted by Crippen LogP contribution is 2.33. The lowest BCUT2D eigenvalue weighted by molar-refractivity contribution is 0.411. The van der Waals surface area contributed by atoms with Gasteiger partial charge in [-0.3, -0.25) is 4.98 Å². The quantitative estimate of drug-likeness (QED) is 0.238. The molecule has 1 aliphatic carbocycles. The number of nitrogens with zero attached hydrogens (tertiary/aromatic N) is 4. The van der Waals surface area contributed by atoms with E-state index in [2.05, 4.69) is 33.4 Å². The lowest BCUT2D eigenvalue weighted by atomic mass is 9.91. The van der Waals surface area contributed by atoms with Crippen molar-refractivity contribution < 1.29 is 4.39 Å². The topological polar surface area (TPSA) is 107 Å². The second kappa shape index (κ2) is 10.2. The number of nitrogens with two attached hydrogens (primary N) is 2. The van der Waals surface area contributed by atoms with Gasteiger partial charge in [-0.2, -0.15) is 5.10 Å². The largest absolute Gasteiger partial charge is 0.383 e. The molecule has 0 spiro atoms. The summed E-state index contributed by atoms with van der Waals surface area (Å²) in [5, 5.41) is 8.65. The zero-order valence-corrected chi connectivity index (χ0v) is 20.8. The van der Waals surface area contributed by atoms with Crippen molar-refractivity contribution in [1.82, 2.24) is 14.6 Å². The van der Waals surface area contributed by atoms with Gasteiger partial charge < -0.3 is 16.8 Å². The monoisotopic (exact) mass is 505 g/mol. The van der Waals surface area contributed by atoms with Crippen molar-refractivity contribution in [3.05, 3.63) is 77.1 Å². The van der Waals surface area contributed by atoms with E-state index in [4.69, 9.17) is 23.1 Å². The SMILES string of the molecule is CCc1cnccc1-c1cc2c(NC3CCC(N)CC3)c(C(N)=Nc3cc(F)ccc3Cl)cnn2c1. The van der Waals surface area contributed by atoms with E-state index in [-0.39, 0.29) is 23.6 Å². The summed E-state index contributed by atoms with van der Waals surface area (Å²) in [6.45, 7) is 2.11. The minimum absolute atomic E-state index is 0.202. The van der Waals surface area contributed by atoms with Gasteiger partial charge in [0.05, 0.1) is 33.7 Å². The Kier molecular flexibility index (Phi) is 6.89. The third kappa shape index (κ3) is 4.92. The van der Waals surface area contributed by atoms with E-state index >= 15 is 0 Å². The van der Waals surface area contributed by atoms with Crippen molar-refractivity contribution in [1.29, 1.82) is 0 Å². The maximum Gasteiger partial charge on any atom is 0.135 e. The Labute approximate surface area is 214 Å². The van der Waals surface area contributed by atoms with Crippen molar-refractivity contribution in [2.75, 3.05) is 5.32 Å². The van der Waals surface area contributed by atoms with Crippen LogP contribution < -0.4 is 16.8 Å². The van der Waals surface area contributed by atoms with Crippen LogP contribution >= 0.6 is 11.6 Å². The van der Waals surface area contributed by atoms with Crippen molar-refractivity contribution in [2.24, 2.45) is 16.5 Å². The maximum atomic E-state index is 13.8. The molecule has 0 aliphatic heterocycles. The molecule has 5 rings (SSSR count). The van der Waals surface area contributed by atoms with Crippen LogP contribution in [0.4, 0.5) is 15.8 Å². The Morgan fingerprint density at radius 1 is 1.19 bits per heavy atom. The second-order valence-electron chi connectivity index (χ2n) is 9.23. The Hall–Kier alpha value is -3.49. The minimum Gasteiger partial charge on any atom is -0.383 e. The number of rotatable bonds is 6. The van der Waals surface area contributed by atoms with Crippen molar-refractivity contribution in [3.63, 3.8) is 0 Å². The van der Waals surface area contributed by atoms with Crippen LogP contribution in [0.3, 0.4) is 0 Å². The number of aromatic nitrogens is 3. The van der Waals surface area contributed by atoms with Gasteiger partial charge in [-0.15, -0.1) is 0 Å². The molecule has 0 saturated heterocycles. The van der Waals surface area contributed by atoms with Gasteiger partial charge in [-0.25, -0.2) is 13.9 Å². The molecule has 0 radical (unpaired) electrons. The first-order valence-electron chi connectivity index (χ1n) is 12.2. The van der Waals surface area contributed by atoms with E-state index in [1.807, 2.05) is 23.0 Å². The summed E-state index contributed by atoms with van der Waals surface area (Å²) >= 11 is 6.25. The molecule has 36 heavy (non-hydrogen) atoms. The van der Waals surface area contributed by atoms with E-state index in [1.54, 1.807) is 12.4 Å². The Morgan fingerprint density at radius 2 is 2.00 bits per heavy atom. The molecule has 0 unspecified atom stereocenters. The van der Waals surface area contributed by atoms with Crippen LogP contribution in [0.15, 0.2) is 60.1 Å². The molecule has 186 valence electrons. The smallest absolute Gasteiger partial charge is 0.135 e. The van der Waals surface area contributed by atoms with Gasteiger partial charge in [-0.05, 0) is 67.5 Å². The number of hydrogen-bond acceptors (Lipinski definition) is 5. The van der Waals surface area contributed by atoms with E-state index in [9.17, 15) is 4.39 Å². The molecule has 1 saturated carbocycles. The van der Waals surface area contributed by atoms with Crippen LogP contribution in [-0.2, 0) is 6.42 Å². The number of nitrogens with one attached hydrogen (secondary N) is 1. The molecule has 1 aliphatic rings. The van der Waals surface area contributed by atoms with Crippen LogP contribution in [0.25, 0.3) is 16.6 Å². The Bertz CT molecular complexity index is 1420. The van der Waals surface area contributed by atoms with Crippen LogP contribution in [0.1, 0.15) is 43.7 Å². The van der Waals surface area contributed by atoms with Crippen molar-refractivity contribution in [2.45, 2.75) is 51.1 Å². The van der Waals surface area contributed by atoms with Gasteiger partial charge in [-0.1, -0.05) is 18.5 Å². The molecular formula is C27H29ClFN7. The van der Waals surface area contributed by atoms with Gasteiger partial charge in [0.15, 0.2) is 0 Å². The molecular weight excluding hydrogens is 477 g/mol. The lowest BCUT2D eigenvalue weighted by Crippen LogP contribution is -2.33. The molecule has 1 fully saturated rings. The van der Waals surface area contributed by atoms with Crippen LogP contribution in [0.5, 0.6) is 0 Å². The number of aryl methyl sites for hydroxylation is 1. The van der Waals surface area contributed by atoms with E-state index in [0.29, 0.717) is 10.6 Å². The molecule has 0 bridgehead atoms. The summed E-state index contributed by atoms with van der Waals surface area (Å²) in [4.78, 5) is 8.73. The zero-order chi connectivity index (χ0) is 25.2. The fourth-order valence-electron chi connectivity index (χ4n) is 4.77. The lowest BCUT2D eigenvalue weighted by Gasteiger charge is -2.28. The number of halogens is 2. The van der Waals surface area contributed by atoms with Crippen LogP contribution in [-0.4, -0.2) is 32.5 Å². The normalized spacial score (nSPS) is 18.5.